The normalized spacial score (nSPS) is 11.3. The molecule has 0 aliphatic rings. The Hall–Kier alpha value is -2.08. The van der Waals surface area contributed by atoms with E-state index in [0.29, 0.717) is 17.1 Å². The quantitative estimate of drug-likeness (QED) is 0.899. The molecule has 0 saturated carbocycles. The number of aryl methyl sites for hydroxylation is 2. The summed E-state index contributed by atoms with van der Waals surface area (Å²) in [5.74, 6) is 0.342. The van der Waals surface area contributed by atoms with Crippen molar-refractivity contribution in [2.45, 2.75) is 18.7 Å². The molecule has 0 unspecified atom stereocenters. The summed E-state index contributed by atoms with van der Waals surface area (Å²) in [6, 6.07) is 8.42. The SMILES string of the molecule is Cc1ccc(C)c(S(=O)(=O)Nc2ccc(N)nc2)c1. The monoisotopic (exact) mass is 277 g/mol. The number of anilines is 2. The van der Waals surface area contributed by atoms with E-state index < -0.39 is 10.0 Å². The Labute approximate surface area is 112 Å². The number of hydrogen-bond acceptors (Lipinski definition) is 4. The molecular weight excluding hydrogens is 262 g/mol. The zero-order chi connectivity index (χ0) is 14.0. The van der Waals surface area contributed by atoms with Crippen LogP contribution in [0.2, 0.25) is 0 Å². The van der Waals surface area contributed by atoms with Gasteiger partial charge in [0.15, 0.2) is 0 Å². The van der Waals surface area contributed by atoms with Crippen LogP contribution in [-0.2, 0) is 10.0 Å². The maximum Gasteiger partial charge on any atom is 0.262 e. The number of nitrogen functional groups attached to an aromatic ring is 1. The number of nitrogens with one attached hydrogen (secondary N) is 1. The van der Waals surface area contributed by atoms with Crippen LogP contribution in [0.15, 0.2) is 41.4 Å². The lowest BCUT2D eigenvalue weighted by Crippen LogP contribution is -2.14. The molecule has 0 aliphatic carbocycles. The molecule has 0 aliphatic heterocycles. The van der Waals surface area contributed by atoms with Crippen molar-refractivity contribution in [3.05, 3.63) is 47.7 Å². The molecule has 100 valence electrons. The van der Waals surface area contributed by atoms with E-state index in [4.69, 9.17) is 5.73 Å². The molecule has 1 aromatic carbocycles. The molecule has 2 rings (SSSR count). The Morgan fingerprint density at radius 3 is 2.53 bits per heavy atom. The van der Waals surface area contributed by atoms with Gasteiger partial charge in [0.05, 0.1) is 16.8 Å². The number of sulfonamides is 1. The van der Waals surface area contributed by atoms with Crippen LogP contribution in [-0.4, -0.2) is 13.4 Å². The molecule has 19 heavy (non-hydrogen) atoms. The van der Waals surface area contributed by atoms with Gasteiger partial charge in [-0.1, -0.05) is 12.1 Å². The van der Waals surface area contributed by atoms with Crippen LogP contribution < -0.4 is 10.5 Å². The lowest BCUT2D eigenvalue weighted by atomic mass is 10.2. The number of nitrogens with zero attached hydrogens (tertiary/aromatic N) is 1. The van der Waals surface area contributed by atoms with Gasteiger partial charge in [0, 0.05) is 0 Å². The smallest absolute Gasteiger partial charge is 0.262 e. The summed E-state index contributed by atoms with van der Waals surface area (Å²) in [6.45, 7) is 3.61. The number of nitrogens with two attached hydrogens (primary N) is 1. The molecule has 0 fully saturated rings. The number of pyridine rings is 1. The molecule has 1 heterocycles. The maximum atomic E-state index is 12.3. The van der Waals surface area contributed by atoms with Crippen molar-refractivity contribution in [1.29, 1.82) is 0 Å². The Morgan fingerprint density at radius 2 is 1.89 bits per heavy atom. The van der Waals surface area contributed by atoms with Crippen molar-refractivity contribution in [3.63, 3.8) is 0 Å². The van der Waals surface area contributed by atoms with Gasteiger partial charge in [-0.25, -0.2) is 13.4 Å². The molecule has 2 aromatic rings. The fraction of sp³-hybridized carbons (Fsp3) is 0.154. The predicted octanol–water partition coefficient (Wildman–Crippen LogP) is 2.08. The largest absolute Gasteiger partial charge is 0.384 e. The third kappa shape index (κ3) is 3.03. The van der Waals surface area contributed by atoms with Crippen LogP contribution in [0.25, 0.3) is 0 Å². The number of benzene rings is 1. The van der Waals surface area contributed by atoms with Crippen LogP contribution in [0.3, 0.4) is 0 Å². The summed E-state index contributed by atoms with van der Waals surface area (Å²) in [5.41, 5.74) is 7.43. The second kappa shape index (κ2) is 4.89. The zero-order valence-electron chi connectivity index (χ0n) is 10.7. The standard InChI is InChI=1S/C13H15N3O2S/c1-9-3-4-10(2)12(7-9)19(17,18)16-11-5-6-13(14)15-8-11/h3-8,16H,1-2H3,(H2,14,15). The maximum absolute atomic E-state index is 12.3. The summed E-state index contributed by atoms with van der Waals surface area (Å²) >= 11 is 0. The molecule has 0 bridgehead atoms. The third-order valence-corrected chi connectivity index (χ3v) is 4.20. The summed E-state index contributed by atoms with van der Waals surface area (Å²) < 4.78 is 27.1. The molecule has 1 aromatic heterocycles. The first-order valence-corrected chi connectivity index (χ1v) is 7.18. The van der Waals surface area contributed by atoms with Crippen LogP contribution in [0.4, 0.5) is 11.5 Å². The highest BCUT2D eigenvalue weighted by molar-refractivity contribution is 7.92. The Bertz CT molecular complexity index is 694. The highest BCUT2D eigenvalue weighted by Gasteiger charge is 2.17. The van der Waals surface area contributed by atoms with Gasteiger partial charge < -0.3 is 5.73 Å². The van der Waals surface area contributed by atoms with E-state index in [2.05, 4.69) is 9.71 Å². The summed E-state index contributed by atoms with van der Waals surface area (Å²) in [6.07, 6.45) is 1.39. The molecule has 0 atom stereocenters. The van der Waals surface area contributed by atoms with E-state index in [1.54, 1.807) is 31.2 Å². The van der Waals surface area contributed by atoms with Crippen molar-refractivity contribution in [1.82, 2.24) is 4.98 Å². The summed E-state index contributed by atoms with van der Waals surface area (Å²) in [7, 11) is -3.61. The van der Waals surface area contributed by atoms with E-state index in [1.807, 2.05) is 13.0 Å². The predicted molar refractivity (Wildman–Crippen MR) is 75.4 cm³/mol. The first kappa shape index (κ1) is 13.4. The fourth-order valence-corrected chi connectivity index (χ4v) is 3.05. The average molecular weight is 277 g/mol. The molecule has 0 spiro atoms. The van der Waals surface area contributed by atoms with Gasteiger partial charge in [-0.05, 0) is 43.2 Å². The van der Waals surface area contributed by atoms with Crippen molar-refractivity contribution >= 4 is 21.5 Å². The van der Waals surface area contributed by atoms with Crippen molar-refractivity contribution in [2.75, 3.05) is 10.5 Å². The molecule has 5 nitrogen and oxygen atoms in total. The van der Waals surface area contributed by atoms with Crippen molar-refractivity contribution in [3.8, 4) is 0 Å². The Morgan fingerprint density at radius 1 is 1.16 bits per heavy atom. The van der Waals surface area contributed by atoms with Gasteiger partial charge in [0.2, 0.25) is 0 Å². The number of rotatable bonds is 3. The molecule has 0 radical (unpaired) electrons. The minimum Gasteiger partial charge on any atom is -0.384 e. The second-order valence-corrected chi connectivity index (χ2v) is 6.00. The molecule has 0 amide bonds. The third-order valence-electron chi connectivity index (χ3n) is 2.67. The van der Waals surface area contributed by atoms with E-state index in [0.717, 1.165) is 5.56 Å². The molecule has 3 N–H and O–H groups in total. The van der Waals surface area contributed by atoms with Crippen molar-refractivity contribution in [2.24, 2.45) is 0 Å². The van der Waals surface area contributed by atoms with E-state index in [1.165, 1.54) is 6.20 Å². The fourth-order valence-electron chi connectivity index (χ4n) is 1.67. The highest BCUT2D eigenvalue weighted by Crippen LogP contribution is 2.20. The Balaban J connectivity index is 2.37. The lowest BCUT2D eigenvalue weighted by Gasteiger charge is -2.11. The first-order valence-electron chi connectivity index (χ1n) is 5.70. The van der Waals surface area contributed by atoms with Crippen LogP contribution in [0.5, 0.6) is 0 Å². The van der Waals surface area contributed by atoms with Gasteiger partial charge in [0.1, 0.15) is 5.82 Å². The van der Waals surface area contributed by atoms with Crippen molar-refractivity contribution < 1.29 is 8.42 Å². The van der Waals surface area contributed by atoms with Crippen LogP contribution >= 0.6 is 0 Å². The molecule has 0 saturated heterocycles. The molecular formula is C13H15N3O2S. The van der Waals surface area contributed by atoms with Gasteiger partial charge in [-0.3, -0.25) is 4.72 Å². The molecule has 6 heteroatoms. The first-order chi connectivity index (χ1) is 8.88. The van der Waals surface area contributed by atoms with Gasteiger partial charge in [0.25, 0.3) is 10.0 Å². The van der Waals surface area contributed by atoms with Crippen LogP contribution in [0.1, 0.15) is 11.1 Å². The van der Waals surface area contributed by atoms with Gasteiger partial charge >= 0.3 is 0 Å². The number of hydrogen-bond donors (Lipinski definition) is 2. The highest BCUT2D eigenvalue weighted by atomic mass is 32.2. The number of aromatic nitrogens is 1. The van der Waals surface area contributed by atoms with Gasteiger partial charge in [-0.2, -0.15) is 0 Å². The van der Waals surface area contributed by atoms with E-state index in [9.17, 15) is 8.42 Å². The Kier molecular flexibility index (Phi) is 3.44. The lowest BCUT2D eigenvalue weighted by molar-refractivity contribution is 0.600. The zero-order valence-corrected chi connectivity index (χ0v) is 11.5. The average Bonchev–Trinajstić information content (AvgIpc) is 2.35. The minimum atomic E-state index is -3.61. The minimum absolute atomic E-state index is 0.268. The van der Waals surface area contributed by atoms with E-state index in [-0.39, 0.29) is 4.90 Å². The summed E-state index contributed by atoms with van der Waals surface area (Å²) in [4.78, 5) is 4.12. The van der Waals surface area contributed by atoms with Crippen LogP contribution in [0, 0.1) is 13.8 Å². The van der Waals surface area contributed by atoms with E-state index >= 15 is 0 Å². The topological polar surface area (TPSA) is 85.1 Å². The second-order valence-electron chi connectivity index (χ2n) is 4.35. The summed E-state index contributed by atoms with van der Waals surface area (Å²) in [5, 5.41) is 0. The van der Waals surface area contributed by atoms with Gasteiger partial charge in [-0.15, -0.1) is 0 Å².